The van der Waals surface area contributed by atoms with E-state index in [2.05, 4.69) is 0 Å². The Bertz CT molecular complexity index is 1040. The van der Waals surface area contributed by atoms with E-state index >= 15 is 8.78 Å². The van der Waals surface area contributed by atoms with Crippen molar-refractivity contribution in [3.8, 4) is 5.75 Å². The summed E-state index contributed by atoms with van der Waals surface area (Å²) in [7, 11) is 1.22. The summed E-state index contributed by atoms with van der Waals surface area (Å²) in [5.41, 5.74) is 3.45. The van der Waals surface area contributed by atoms with Crippen molar-refractivity contribution < 1.29 is 31.4 Å². The maximum absolute atomic E-state index is 15.5. The molecular weight excluding hydrogens is 487 g/mol. The molecule has 0 N–H and O–H groups in total. The second-order valence-electron chi connectivity index (χ2n) is 10.00. The Kier molecular flexibility index (Phi) is 10.6. The molecule has 0 spiro atoms. The molecule has 1 aliphatic rings. The lowest BCUT2D eigenvalue weighted by Gasteiger charge is -2.37. The molecule has 0 fully saturated rings. The number of allylic oxidation sites excluding steroid dienone is 2. The molecule has 1 aliphatic carbocycles. The average molecular weight is 525 g/mol. The molecule has 0 amide bonds. The standard InChI is InChI=1S/C30H37F5O2/c1-20-10-6-7-11-24(20)25-13-12-22(18-30(34,35)19-36-3)28(21(25)2)29-26(32)16-23(17-27(29)33)37-15-9-5-4-8-14-31/h6-7,10-11,16-17,22,28H,4-5,8-9,12-15,18-19H2,1-3H3/t22?,28-/m1/s1. The quantitative estimate of drug-likeness (QED) is 0.193. The van der Waals surface area contributed by atoms with Crippen LogP contribution in [0.25, 0.3) is 5.57 Å². The largest absolute Gasteiger partial charge is 0.493 e. The monoisotopic (exact) mass is 524 g/mol. The topological polar surface area (TPSA) is 18.5 Å². The van der Waals surface area contributed by atoms with Gasteiger partial charge < -0.3 is 9.47 Å². The van der Waals surface area contributed by atoms with Crippen LogP contribution in [0.4, 0.5) is 22.0 Å². The van der Waals surface area contributed by atoms with Crippen LogP contribution in [0.15, 0.2) is 42.0 Å². The lowest BCUT2D eigenvalue weighted by Crippen LogP contribution is -2.32. The van der Waals surface area contributed by atoms with Crippen LogP contribution in [0.5, 0.6) is 5.75 Å². The van der Waals surface area contributed by atoms with E-state index in [9.17, 15) is 13.2 Å². The Morgan fingerprint density at radius 2 is 1.65 bits per heavy atom. The molecule has 204 valence electrons. The molecule has 37 heavy (non-hydrogen) atoms. The molecule has 3 rings (SSSR count). The molecule has 0 radical (unpaired) electrons. The van der Waals surface area contributed by atoms with Gasteiger partial charge in [-0.3, -0.25) is 4.39 Å². The van der Waals surface area contributed by atoms with Crippen LogP contribution in [-0.2, 0) is 4.74 Å². The first-order valence-electron chi connectivity index (χ1n) is 13.0. The Labute approximate surface area is 216 Å². The maximum Gasteiger partial charge on any atom is 0.271 e. The van der Waals surface area contributed by atoms with Gasteiger partial charge in [0.2, 0.25) is 0 Å². The highest BCUT2D eigenvalue weighted by Crippen LogP contribution is 2.50. The summed E-state index contributed by atoms with van der Waals surface area (Å²) in [5, 5.41) is 0. The Hall–Kier alpha value is -2.41. The first kappa shape index (κ1) is 29.2. The number of methoxy groups -OCH3 is 1. The fourth-order valence-corrected chi connectivity index (χ4v) is 5.50. The molecule has 1 unspecified atom stereocenters. The van der Waals surface area contributed by atoms with Gasteiger partial charge in [-0.25, -0.2) is 17.6 Å². The van der Waals surface area contributed by atoms with Crippen molar-refractivity contribution in [1.82, 2.24) is 0 Å². The zero-order valence-corrected chi connectivity index (χ0v) is 21.9. The molecule has 2 nitrogen and oxygen atoms in total. The molecule has 0 bridgehead atoms. The lowest BCUT2D eigenvalue weighted by atomic mass is 9.68. The first-order valence-corrected chi connectivity index (χ1v) is 13.0. The average Bonchev–Trinajstić information content (AvgIpc) is 2.83. The summed E-state index contributed by atoms with van der Waals surface area (Å²) in [5.74, 6) is -6.17. The van der Waals surface area contributed by atoms with E-state index < -0.39 is 42.4 Å². The van der Waals surface area contributed by atoms with Crippen molar-refractivity contribution in [2.45, 2.75) is 70.6 Å². The normalized spacial score (nSPS) is 18.4. The fraction of sp³-hybridized carbons (Fsp3) is 0.533. The third kappa shape index (κ3) is 7.56. The van der Waals surface area contributed by atoms with Gasteiger partial charge in [0.25, 0.3) is 5.92 Å². The maximum atomic E-state index is 15.5. The van der Waals surface area contributed by atoms with Gasteiger partial charge >= 0.3 is 0 Å². The number of unbranched alkanes of at least 4 members (excludes halogenated alkanes) is 3. The highest BCUT2D eigenvalue weighted by Gasteiger charge is 2.41. The number of alkyl halides is 3. The predicted octanol–water partition coefficient (Wildman–Crippen LogP) is 8.82. The van der Waals surface area contributed by atoms with Gasteiger partial charge in [-0.05, 0) is 68.6 Å². The molecule has 0 aliphatic heterocycles. The van der Waals surface area contributed by atoms with Crippen molar-refractivity contribution in [2.24, 2.45) is 5.92 Å². The molecule has 2 aromatic carbocycles. The molecule has 7 heteroatoms. The van der Waals surface area contributed by atoms with Crippen LogP contribution in [0.3, 0.4) is 0 Å². The van der Waals surface area contributed by atoms with Crippen LogP contribution in [-0.4, -0.2) is 32.9 Å². The minimum absolute atomic E-state index is 0.0575. The highest BCUT2D eigenvalue weighted by atomic mass is 19.3. The van der Waals surface area contributed by atoms with E-state index in [-0.39, 0.29) is 24.6 Å². The van der Waals surface area contributed by atoms with Crippen LogP contribution in [0.1, 0.15) is 74.5 Å². The predicted molar refractivity (Wildman–Crippen MR) is 137 cm³/mol. The molecular formula is C30H37F5O2. The fourth-order valence-electron chi connectivity index (χ4n) is 5.50. The third-order valence-electron chi connectivity index (χ3n) is 7.23. The van der Waals surface area contributed by atoms with Gasteiger partial charge in [-0.1, -0.05) is 36.3 Å². The van der Waals surface area contributed by atoms with E-state index in [0.717, 1.165) is 41.7 Å². The number of aryl methyl sites for hydroxylation is 1. The summed E-state index contributed by atoms with van der Waals surface area (Å²) < 4.78 is 82.8. The summed E-state index contributed by atoms with van der Waals surface area (Å²) in [6.45, 7) is 2.92. The smallest absolute Gasteiger partial charge is 0.271 e. The Morgan fingerprint density at radius 3 is 2.30 bits per heavy atom. The van der Waals surface area contributed by atoms with E-state index in [1.165, 1.54) is 7.11 Å². The van der Waals surface area contributed by atoms with Crippen LogP contribution in [0, 0.1) is 24.5 Å². The van der Waals surface area contributed by atoms with E-state index in [0.29, 0.717) is 31.3 Å². The first-order chi connectivity index (χ1) is 17.7. The molecule has 2 aromatic rings. The van der Waals surface area contributed by atoms with Gasteiger partial charge in [-0.2, -0.15) is 0 Å². The number of hydrogen-bond acceptors (Lipinski definition) is 2. The number of benzene rings is 2. The summed E-state index contributed by atoms with van der Waals surface area (Å²) in [6.07, 6.45) is 3.02. The minimum Gasteiger partial charge on any atom is -0.493 e. The molecule has 0 heterocycles. The van der Waals surface area contributed by atoms with E-state index in [1.54, 1.807) is 6.92 Å². The number of rotatable bonds is 13. The van der Waals surface area contributed by atoms with Crippen molar-refractivity contribution in [1.29, 1.82) is 0 Å². The van der Waals surface area contributed by atoms with Gasteiger partial charge in [-0.15, -0.1) is 0 Å². The van der Waals surface area contributed by atoms with Crippen LogP contribution in [0.2, 0.25) is 0 Å². The zero-order valence-electron chi connectivity index (χ0n) is 21.9. The number of ether oxygens (including phenoxy) is 2. The minimum atomic E-state index is -3.11. The Balaban J connectivity index is 1.95. The van der Waals surface area contributed by atoms with Gasteiger partial charge in [0.05, 0.1) is 13.3 Å². The summed E-state index contributed by atoms with van der Waals surface area (Å²) >= 11 is 0. The van der Waals surface area contributed by atoms with Crippen molar-refractivity contribution in [3.05, 3.63) is 70.3 Å². The van der Waals surface area contributed by atoms with Crippen molar-refractivity contribution in [2.75, 3.05) is 27.0 Å². The second-order valence-corrected chi connectivity index (χ2v) is 10.00. The number of hydrogen-bond donors (Lipinski definition) is 0. The summed E-state index contributed by atoms with van der Waals surface area (Å²) in [4.78, 5) is 0. The molecule has 0 aromatic heterocycles. The zero-order chi connectivity index (χ0) is 27.0. The Morgan fingerprint density at radius 1 is 0.973 bits per heavy atom. The number of halogens is 5. The molecule has 0 saturated carbocycles. The highest BCUT2D eigenvalue weighted by molar-refractivity contribution is 5.73. The lowest BCUT2D eigenvalue weighted by molar-refractivity contribution is -0.0824. The molecule has 0 saturated heterocycles. The molecule has 2 atom stereocenters. The van der Waals surface area contributed by atoms with Gasteiger partial charge in [0.15, 0.2) is 0 Å². The summed E-state index contributed by atoms with van der Waals surface area (Å²) in [6, 6.07) is 10.0. The second kappa shape index (κ2) is 13.4. The van der Waals surface area contributed by atoms with Crippen molar-refractivity contribution >= 4 is 5.57 Å². The van der Waals surface area contributed by atoms with E-state index in [4.69, 9.17) is 9.47 Å². The van der Waals surface area contributed by atoms with Gasteiger partial charge in [0, 0.05) is 37.1 Å². The van der Waals surface area contributed by atoms with Crippen molar-refractivity contribution in [3.63, 3.8) is 0 Å². The van der Waals surface area contributed by atoms with Crippen LogP contribution >= 0.6 is 0 Å². The van der Waals surface area contributed by atoms with Crippen LogP contribution < -0.4 is 4.74 Å². The third-order valence-corrected chi connectivity index (χ3v) is 7.23. The SMILES string of the molecule is COCC(F)(F)CC1CCC(c2ccccc2C)=C(C)[C@H]1c1c(F)cc(OCCCCCCF)cc1F. The van der Waals surface area contributed by atoms with Gasteiger partial charge in [0.1, 0.15) is 24.0 Å². The van der Waals surface area contributed by atoms with E-state index in [1.807, 2.05) is 31.2 Å².